The van der Waals surface area contributed by atoms with E-state index < -0.39 is 18.1 Å². The summed E-state index contributed by atoms with van der Waals surface area (Å²) >= 11 is 0. The van der Waals surface area contributed by atoms with Gasteiger partial charge in [-0.05, 0) is 47.9 Å². The summed E-state index contributed by atoms with van der Waals surface area (Å²) in [5.74, 6) is -1.18. The summed E-state index contributed by atoms with van der Waals surface area (Å²) in [7, 11) is 0. The first kappa shape index (κ1) is 24.8. The smallest absolute Gasteiger partial charge is 0.407 e. The molecule has 7 nitrogen and oxygen atoms in total. The van der Waals surface area contributed by atoms with Gasteiger partial charge >= 0.3 is 12.1 Å². The van der Waals surface area contributed by atoms with Crippen molar-refractivity contribution in [3.8, 4) is 11.1 Å². The minimum Gasteiger partial charge on any atom is -0.481 e. The number of carbonyl (C=O) groups is 3. The van der Waals surface area contributed by atoms with Gasteiger partial charge in [-0.3, -0.25) is 9.59 Å². The predicted octanol–water partition coefficient (Wildman–Crippen LogP) is 4.94. The number of amides is 2. The van der Waals surface area contributed by atoms with Gasteiger partial charge in [0.25, 0.3) is 0 Å². The molecule has 2 atom stereocenters. The Morgan fingerprint density at radius 3 is 2.34 bits per heavy atom. The fourth-order valence-corrected chi connectivity index (χ4v) is 5.35. The summed E-state index contributed by atoms with van der Waals surface area (Å²) in [5, 5.41) is 12.1. The largest absolute Gasteiger partial charge is 0.481 e. The molecule has 0 spiro atoms. The standard InChI is InChI=1S/C28H34N2O5/c1-2-3-15-25(27(33)30-16-9-8-10-19(30)17-26(31)32)29-28(34)35-18-24-22-13-6-4-11-20(22)21-12-5-7-14-23(21)24/h4-7,11-14,19,24-25H,2-3,8-10,15-18H2,1H3,(H,29,34)(H,31,32)/t19-,25+/m1/s1. The molecule has 4 rings (SSSR count). The predicted molar refractivity (Wildman–Crippen MR) is 133 cm³/mol. The van der Waals surface area contributed by atoms with Crippen molar-refractivity contribution in [3.63, 3.8) is 0 Å². The lowest BCUT2D eigenvalue weighted by Crippen LogP contribution is -2.54. The molecule has 0 aromatic heterocycles. The second kappa shape index (κ2) is 11.4. The third-order valence-corrected chi connectivity index (χ3v) is 7.10. The number of ether oxygens (including phenoxy) is 1. The minimum atomic E-state index is -0.913. The van der Waals surface area contributed by atoms with Crippen LogP contribution in [0.2, 0.25) is 0 Å². The number of hydrogen-bond donors (Lipinski definition) is 2. The average Bonchev–Trinajstić information content (AvgIpc) is 3.18. The number of benzene rings is 2. The summed E-state index contributed by atoms with van der Waals surface area (Å²) < 4.78 is 5.66. The van der Waals surface area contributed by atoms with Crippen molar-refractivity contribution in [1.29, 1.82) is 0 Å². The number of nitrogens with zero attached hydrogens (tertiary/aromatic N) is 1. The summed E-state index contributed by atoms with van der Waals surface area (Å²) in [5.41, 5.74) is 4.57. The maximum Gasteiger partial charge on any atom is 0.407 e. The van der Waals surface area contributed by atoms with Gasteiger partial charge < -0.3 is 20.1 Å². The van der Waals surface area contributed by atoms with E-state index in [4.69, 9.17) is 4.74 Å². The molecule has 2 N–H and O–H groups in total. The fraction of sp³-hybridized carbons (Fsp3) is 0.464. The zero-order chi connectivity index (χ0) is 24.8. The number of nitrogens with one attached hydrogen (secondary N) is 1. The van der Waals surface area contributed by atoms with Crippen LogP contribution in [0.15, 0.2) is 48.5 Å². The topological polar surface area (TPSA) is 95.9 Å². The number of alkyl carbamates (subject to hydrolysis) is 1. The van der Waals surface area contributed by atoms with Crippen molar-refractivity contribution < 1.29 is 24.2 Å². The number of carboxylic acid groups (broad SMARTS) is 1. The lowest BCUT2D eigenvalue weighted by atomic mass is 9.97. The monoisotopic (exact) mass is 478 g/mol. The number of aliphatic carboxylic acids is 1. The molecule has 0 saturated carbocycles. The van der Waals surface area contributed by atoms with Crippen LogP contribution < -0.4 is 5.32 Å². The highest BCUT2D eigenvalue weighted by Gasteiger charge is 2.34. The molecule has 7 heteroatoms. The SMILES string of the molecule is CCCC[C@H](NC(=O)OCC1c2ccccc2-c2ccccc21)C(=O)N1CCCC[C@@H]1CC(=O)O. The third-order valence-electron chi connectivity index (χ3n) is 7.10. The summed E-state index contributed by atoms with van der Waals surface area (Å²) in [4.78, 5) is 39.2. The Morgan fingerprint density at radius 2 is 1.71 bits per heavy atom. The zero-order valence-corrected chi connectivity index (χ0v) is 20.2. The van der Waals surface area contributed by atoms with Crippen LogP contribution in [0.5, 0.6) is 0 Å². The number of fused-ring (bicyclic) bond motifs is 3. The van der Waals surface area contributed by atoms with E-state index >= 15 is 0 Å². The number of unbranched alkanes of at least 4 members (excludes halogenated alkanes) is 1. The quantitative estimate of drug-likeness (QED) is 0.532. The number of hydrogen-bond acceptors (Lipinski definition) is 4. The third kappa shape index (κ3) is 5.66. The van der Waals surface area contributed by atoms with Gasteiger partial charge in [0.05, 0.1) is 6.42 Å². The minimum absolute atomic E-state index is 0.0556. The molecule has 1 aliphatic heterocycles. The fourth-order valence-electron chi connectivity index (χ4n) is 5.35. The normalized spacial score (nSPS) is 17.9. The van der Waals surface area contributed by atoms with E-state index in [1.807, 2.05) is 31.2 Å². The number of carbonyl (C=O) groups excluding carboxylic acids is 2. The van der Waals surface area contributed by atoms with Gasteiger partial charge in [-0.25, -0.2) is 4.79 Å². The first-order valence-corrected chi connectivity index (χ1v) is 12.6. The number of likely N-dealkylation sites (tertiary alicyclic amines) is 1. The summed E-state index contributed by atoms with van der Waals surface area (Å²) in [6, 6.07) is 15.2. The molecule has 0 unspecified atom stereocenters. The molecule has 1 fully saturated rings. The van der Waals surface area contributed by atoms with E-state index in [0.29, 0.717) is 19.4 Å². The van der Waals surface area contributed by atoms with E-state index in [0.717, 1.165) is 47.9 Å². The summed E-state index contributed by atoms with van der Waals surface area (Å²) in [6.45, 7) is 2.73. The van der Waals surface area contributed by atoms with Gasteiger partial charge in [0.15, 0.2) is 0 Å². The maximum absolute atomic E-state index is 13.4. The van der Waals surface area contributed by atoms with E-state index in [-0.39, 0.29) is 30.9 Å². The van der Waals surface area contributed by atoms with Crippen LogP contribution in [-0.4, -0.2) is 53.2 Å². The summed E-state index contributed by atoms with van der Waals surface area (Å²) in [6.07, 6.45) is 3.88. The van der Waals surface area contributed by atoms with E-state index in [1.165, 1.54) is 0 Å². The van der Waals surface area contributed by atoms with Crippen LogP contribution in [0.4, 0.5) is 4.79 Å². The zero-order valence-electron chi connectivity index (χ0n) is 20.2. The Bertz CT molecular complexity index is 1020. The molecule has 2 aromatic rings. The molecule has 1 saturated heterocycles. The van der Waals surface area contributed by atoms with Crippen molar-refractivity contribution >= 4 is 18.0 Å². The molecule has 0 bridgehead atoms. The van der Waals surface area contributed by atoms with Gasteiger partial charge in [-0.1, -0.05) is 68.3 Å². The molecule has 35 heavy (non-hydrogen) atoms. The van der Waals surface area contributed by atoms with Crippen LogP contribution in [0.25, 0.3) is 11.1 Å². The lowest BCUT2D eigenvalue weighted by Gasteiger charge is -2.37. The van der Waals surface area contributed by atoms with Crippen molar-refractivity contribution in [2.75, 3.05) is 13.2 Å². The second-order valence-corrected chi connectivity index (χ2v) is 9.44. The van der Waals surface area contributed by atoms with E-state index in [1.54, 1.807) is 4.90 Å². The van der Waals surface area contributed by atoms with E-state index in [2.05, 4.69) is 29.6 Å². The van der Waals surface area contributed by atoms with Crippen LogP contribution >= 0.6 is 0 Å². The average molecular weight is 479 g/mol. The van der Waals surface area contributed by atoms with Gasteiger partial charge in [0, 0.05) is 18.5 Å². The molecule has 1 aliphatic carbocycles. The number of rotatable bonds is 9. The highest BCUT2D eigenvalue weighted by molar-refractivity contribution is 5.86. The van der Waals surface area contributed by atoms with Crippen LogP contribution in [0.1, 0.15) is 68.9 Å². The van der Waals surface area contributed by atoms with Gasteiger partial charge in [-0.2, -0.15) is 0 Å². The Balaban J connectivity index is 1.43. The highest BCUT2D eigenvalue weighted by Crippen LogP contribution is 2.44. The molecule has 186 valence electrons. The van der Waals surface area contributed by atoms with E-state index in [9.17, 15) is 19.5 Å². The maximum atomic E-state index is 13.4. The Morgan fingerprint density at radius 1 is 1.06 bits per heavy atom. The first-order chi connectivity index (χ1) is 17.0. The van der Waals surface area contributed by atoms with Gasteiger partial charge in [0.1, 0.15) is 12.6 Å². The molecule has 2 amide bonds. The molecule has 0 radical (unpaired) electrons. The molecule has 2 aliphatic rings. The van der Waals surface area contributed by atoms with Crippen molar-refractivity contribution in [3.05, 3.63) is 59.7 Å². The number of piperidine rings is 1. The van der Waals surface area contributed by atoms with Gasteiger partial charge in [0.2, 0.25) is 5.91 Å². The Labute approximate surface area is 206 Å². The molecular weight excluding hydrogens is 444 g/mol. The second-order valence-electron chi connectivity index (χ2n) is 9.44. The Hall–Kier alpha value is -3.35. The van der Waals surface area contributed by atoms with Crippen LogP contribution in [0, 0.1) is 0 Å². The first-order valence-electron chi connectivity index (χ1n) is 12.6. The Kier molecular flexibility index (Phi) is 8.06. The molecular formula is C28H34N2O5. The lowest BCUT2D eigenvalue weighted by molar-refractivity contribution is -0.143. The van der Waals surface area contributed by atoms with Crippen molar-refractivity contribution in [2.24, 2.45) is 0 Å². The van der Waals surface area contributed by atoms with Crippen molar-refractivity contribution in [1.82, 2.24) is 10.2 Å². The van der Waals surface area contributed by atoms with Gasteiger partial charge in [-0.15, -0.1) is 0 Å². The number of carboxylic acids is 1. The highest BCUT2D eigenvalue weighted by atomic mass is 16.5. The van der Waals surface area contributed by atoms with Crippen LogP contribution in [-0.2, 0) is 14.3 Å². The van der Waals surface area contributed by atoms with Crippen LogP contribution in [0.3, 0.4) is 0 Å². The molecule has 1 heterocycles. The molecule has 2 aromatic carbocycles. The van der Waals surface area contributed by atoms with Crippen molar-refractivity contribution in [2.45, 2.75) is 69.9 Å².